The molecule has 1 aliphatic carbocycles. The smallest absolute Gasteiger partial charge is 0.132 e. The molecule has 2 fully saturated rings. The van der Waals surface area contributed by atoms with Crippen LogP contribution in [0.1, 0.15) is 46.0 Å². The summed E-state index contributed by atoms with van der Waals surface area (Å²) >= 11 is 0. The Morgan fingerprint density at radius 1 is 1.18 bits per heavy atom. The number of Topliss-reactive ketones (excluding diaryl/α,β-unsaturated/α-hetero) is 1. The van der Waals surface area contributed by atoms with Gasteiger partial charge in [0, 0.05) is 31.1 Å². The van der Waals surface area contributed by atoms with E-state index < -0.39 is 0 Å². The molecule has 2 N–H and O–H groups in total. The number of hydrogen-bond acceptors (Lipinski definition) is 3. The summed E-state index contributed by atoms with van der Waals surface area (Å²) in [7, 11) is 0. The lowest BCUT2D eigenvalue weighted by atomic mass is 9.90. The van der Waals surface area contributed by atoms with Gasteiger partial charge in [0.05, 0.1) is 0 Å². The minimum absolute atomic E-state index is 0.257. The first kappa shape index (κ1) is 13.0. The summed E-state index contributed by atoms with van der Waals surface area (Å²) in [5.41, 5.74) is 6.36. The standard InChI is InChI=1S/C14H26N2O/c1-10-4-3-5-12(11(2)17)6-7-13(15)14(10)16-8-9-16/h10,12-14H,3-9,15H2,1-2H3. The van der Waals surface area contributed by atoms with Gasteiger partial charge in [0.25, 0.3) is 0 Å². The summed E-state index contributed by atoms with van der Waals surface area (Å²) in [5.74, 6) is 1.30. The SMILES string of the molecule is CC(=O)C1CCCC(C)C(N2CC2)C(N)CC1. The van der Waals surface area contributed by atoms with Crippen molar-refractivity contribution in [3.05, 3.63) is 0 Å². The zero-order valence-corrected chi connectivity index (χ0v) is 11.2. The average molecular weight is 238 g/mol. The van der Waals surface area contributed by atoms with Crippen molar-refractivity contribution < 1.29 is 4.79 Å². The molecule has 1 saturated carbocycles. The van der Waals surface area contributed by atoms with Crippen LogP contribution in [0, 0.1) is 11.8 Å². The van der Waals surface area contributed by atoms with Crippen LogP contribution < -0.4 is 5.73 Å². The lowest BCUT2D eigenvalue weighted by Gasteiger charge is -2.30. The van der Waals surface area contributed by atoms with Gasteiger partial charge in [-0.1, -0.05) is 13.3 Å². The highest BCUT2D eigenvalue weighted by Gasteiger charge is 2.36. The second-order valence-electron chi connectivity index (χ2n) is 5.98. The van der Waals surface area contributed by atoms with Gasteiger partial charge in [-0.05, 0) is 38.5 Å². The maximum Gasteiger partial charge on any atom is 0.132 e. The Morgan fingerprint density at radius 2 is 1.88 bits per heavy atom. The van der Waals surface area contributed by atoms with Crippen molar-refractivity contribution in [1.29, 1.82) is 0 Å². The van der Waals surface area contributed by atoms with E-state index in [1.165, 1.54) is 25.9 Å². The largest absolute Gasteiger partial charge is 0.326 e. The maximum atomic E-state index is 11.5. The van der Waals surface area contributed by atoms with E-state index in [9.17, 15) is 4.79 Å². The molecule has 17 heavy (non-hydrogen) atoms. The van der Waals surface area contributed by atoms with Crippen LogP contribution in [0.15, 0.2) is 0 Å². The molecule has 0 bridgehead atoms. The summed E-state index contributed by atoms with van der Waals surface area (Å²) in [6.45, 7) is 6.51. The number of carbonyl (C=O) groups is 1. The van der Waals surface area contributed by atoms with E-state index in [0.717, 1.165) is 19.3 Å². The van der Waals surface area contributed by atoms with Gasteiger partial charge in [0.1, 0.15) is 5.78 Å². The van der Waals surface area contributed by atoms with Crippen LogP contribution in [-0.2, 0) is 4.79 Å². The molecule has 0 amide bonds. The lowest BCUT2D eigenvalue weighted by Crippen LogP contribution is -2.44. The molecule has 98 valence electrons. The highest BCUT2D eigenvalue weighted by Crippen LogP contribution is 2.30. The van der Waals surface area contributed by atoms with Crippen molar-refractivity contribution >= 4 is 5.78 Å². The van der Waals surface area contributed by atoms with E-state index in [1.807, 2.05) is 0 Å². The fourth-order valence-corrected chi connectivity index (χ4v) is 3.38. The number of carbonyl (C=O) groups excluding carboxylic acids is 1. The van der Waals surface area contributed by atoms with Gasteiger partial charge in [-0.15, -0.1) is 0 Å². The number of nitrogens with two attached hydrogens (primary N) is 1. The van der Waals surface area contributed by atoms with E-state index in [2.05, 4.69) is 11.8 Å². The number of rotatable bonds is 2. The molecule has 4 unspecified atom stereocenters. The molecule has 0 spiro atoms. The number of hydrogen-bond donors (Lipinski definition) is 1. The fourth-order valence-electron chi connectivity index (χ4n) is 3.38. The summed E-state index contributed by atoms with van der Waals surface area (Å²) in [6, 6.07) is 0.813. The first-order valence-corrected chi connectivity index (χ1v) is 7.09. The Hall–Kier alpha value is -0.410. The van der Waals surface area contributed by atoms with Crippen LogP contribution in [0.5, 0.6) is 0 Å². The Labute approximate surface area is 105 Å². The summed E-state index contributed by atoms with van der Waals surface area (Å²) in [4.78, 5) is 14.0. The Morgan fingerprint density at radius 3 is 2.47 bits per heavy atom. The molecule has 2 aliphatic rings. The van der Waals surface area contributed by atoms with Crippen LogP contribution in [0.2, 0.25) is 0 Å². The first-order valence-electron chi connectivity index (χ1n) is 7.09. The van der Waals surface area contributed by atoms with Crippen molar-refractivity contribution in [3.63, 3.8) is 0 Å². The highest BCUT2D eigenvalue weighted by atomic mass is 16.1. The Kier molecular flexibility index (Phi) is 4.21. The van der Waals surface area contributed by atoms with E-state index in [1.54, 1.807) is 6.92 Å². The lowest BCUT2D eigenvalue weighted by molar-refractivity contribution is -0.121. The van der Waals surface area contributed by atoms with Crippen molar-refractivity contribution in [2.24, 2.45) is 17.6 Å². The highest BCUT2D eigenvalue weighted by molar-refractivity contribution is 5.78. The Bertz CT molecular complexity index is 275. The summed E-state index contributed by atoms with van der Waals surface area (Å²) in [5, 5.41) is 0. The third-order valence-corrected chi connectivity index (χ3v) is 4.56. The molecular weight excluding hydrogens is 212 g/mol. The second-order valence-corrected chi connectivity index (χ2v) is 5.98. The Balaban J connectivity index is 2.00. The normalized spacial score (nSPS) is 40.2. The fraction of sp³-hybridized carbons (Fsp3) is 0.929. The van der Waals surface area contributed by atoms with Gasteiger partial charge in [0.15, 0.2) is 0 Å². The first-order chi connectivity index (χ1) is 8.09. The van der Waals surface area contributed by atoms with Gasteiger partial charge in [-0.25, -0.2) is 0 Å². The third kappa shape index (κ3) is 3.29. The van der Waals surface area contributed by atoms with Crippen LogP contribution >= 0.6 is 0 Å². The summed E-state index contributed by atoms with van der Waals surface area (Å²) < 4.78 is 0. The molecule has 1 heterocycles. The van der Waals surface area contributed by atoms with Crippen molar-refractivity contribution in [1.82, 2.24) is 4.90 Å². The minimum Gasteiger partial charge on any atom is -0.326 e. The summed E-state index contributed by atoms with van der Waals surface area (Å²) in [6.07, 6.45) is 5.48. The van der Waals surface area contributed by atoms with Gasteiger partial charge < -0.3 is 5.73 Å². The molecule has 0 aromatic carbocycles. The van der Waals surface area contributed by atoms with Gasteiger partial charge in [-0.2, -0.15) is 0 Å². The average Bonchev–Trinajstić information content (AvgIpc) is 3.05. The molecule has 0 aromatic rings. The van der Waals surface area contributed by atoms with E-state index in [-0.39, 0.29) is 12.0 Å². The van der Waals surface area contributed by atoms with Crippen LogP contribution in [-0.4, -0.2) is 35.9 Å². The van der Waals surface area contributed by atoms with E-state index in [4.69, 9.17) is 5.73 Å². The van der Waals surface area contributed by atoms with Crippen molar-refractivity contribution in [2.45, 2.75) is 58.0 Å². The molecule has 0 radical (unpaired) electrons. The predicted molar refractivity (Wildman–Crippen MR) is 69.8 cm³/mol. The zero-order chi connectivity index (χ0) is 12.4. The van der Waals surface area contributed by atoms with Gasteiger partial charge >= 0.3 is 0 Å². The number of ketones is 1. The molecule has 3 nitrogen and oxygen atoms in total. The molecule has 4 atom stereocenters. The van der Waals surface area contributed by atoms with Gasteiger partial charge in [-0.3, -0.25) is 9.69 Å². The van der Waals surface area contributed by atoms with Gasteiger partial charge in [0.2, 0.25) is 0 Å². The molecule has 1 aliphatic heterocycles. The predicted octanol–water partition coefficient (Wildman–Crippen LogP) is 1.80. The maximum absolute atomic E-state index is 11.5. The zero-order valence-electron chi connectivity index (χ0n) is 11.2. The quantitative estimate of drug-likeness (QED) is 0.746. The van der Waals surface area contributed by atoms with Crippen LogP contribution in [0.3, 0.4) is 0 Å². The molecule has 1 saturated heterocycles. The number of nitrogens with zero attached hydrogens (tertiary/aromatic N) is 1. The molecule has 3 heteroatoms. The second kappa shape index (κ2) is 5.49. The van der Waals surface area contributed by atoms with Crippen LogP contribution in [0.25, 0.3) is 0 Å². The molecular formula is C14H26N2O. The molecule has 0 aromatic heterocycles. The molecule has 2 rings (SSSR count). The van der Waals surface area contributed by atoms with Crippen LogP contribution in [0.4, 0.5) is 0 Å². The topological polar surface area (TPSA) is 46.1 Å². The third-order valence-electron chi connectivity index (χ3n) is 4.56. The van der Waals surface area contributed by atoms with Crippen molar-refractivity contribution in [2.75, 3.05) is 13.1 Å². The van der Waals surface area contributed by atoms with E-state index >= 15 is 0 Å². The monoisotopic (exact) mass is 238 g/mol. The van der Waals surface area contributed by atoms with E-state index in [0.29, 0.717) is 17.7 Å². The van der Waals surface area contributed by atoms with Crippen molar-refractivity contribution in [3.8, 4) is 0 Å². The minimum atomic E-state index is 0.257.